The highest BCUT2D eigenvalue weighted by atomic mass is 16.5. The smallest absolute Gasteiger partial charge is 0.242 e. The van der Waals surface area contributed by atoms with E-state index in [-0.39, 0.29) is 23.8 Å². The first-order chi connectivity index (χ1) is 13.2. The minimum Gasteiger partial charge on any atom is -0.497 e. The van der Waals surface area contributed by atoms with Crippen molar-refractivity contribution in [3.63, 3.8) is 0 Å². The maximum Gasteiger partial charge on any atom is 0.242 e. The molecule has 0 unspecified atom stereocenters. The fourth-order valence-electron chi connectivity index (χ4n) is 2.90. The molecule has 150 valence electrons. The third-order valence-electron chi connectivity index (χ3n) is 4.35. The maximum atomic E-state index is 13.1. The first-order valence-electron chi connectivity index (χ1n) is 9.48. The number of hydrogen-bond donors (Lipinski definition) is 1. The third kappa shape index (κ3) is 6.41. The topological polar surface area (TPSA) is 58.6 Å². The molecule has 2 aromatic carbocycles. The minimum atomic E-state index is -0.596. The van der Waals surface area contributed by atoms with Crippen molar-refractivity contribution in [1.29, 1.82) is 0 Å². The standard InChI is InChI=1S/C23H30N2O3/c1-17(22(27)24-23(2,3)4)25(16-19-12-9-13-20(14-19)28-5)21(26)15-18-10-7-6-8-11-18/h6-14,17H,15-16H2,1-5H3,(H,24,27)/t17-/m1/s1. The first kappa shape index (κ1) is 21.5. The third-order valence-corrected chi connectivity index (χ3v) is 4.35. The van der Waals surface area contributed by atoms with Crippen molar-refractivity contribution in [2.75, 3.05) is 7.11 Å². The fraction of sp³-hybridized carbons (Fsp3) is 0.391. The number of carbonyl (C=O) groups excluding carboxylic acids is 2. The van der Waals surface area contributed by atoms with Gasteiger partial charge in [-0.2, -0.15) is 0 Å². The van der Waals surface area contributed by atoms with Crippen LogP contribution in [-0.2, 0) is 22.6 Å². The zero-order chi connectivity index (χ0) is 20.7. The fourth-order valence-corrected chi connectivity index (χ4v) is 2.90. The van der Waals surface area contributed by atoms with E-state index in [0.29, 0.717) is 6.54 Å². The van der Waals surface area contributed by atoms with Crippen LogP contribution in [0.25, 0.3) is 0 Å². The second-order valence-corrected chi connectivity index (χ2v) is 7.95. The normalized spacial score (nSPS) is 12.2. The Balaban J connectivity index is 2.25. The van der Waals surface area contributed by atoms with Gasteiger partial charge >= 0.3 is 0 Å². The van der Waals surface area contributed by atoms with E-state index in [9.17, 15) is 9.59 Å². The summed E-state index contributed by atoms with van der Waals surface area (Å²) in [5, 5.41) is 2.97. The molecule has 0 saturated carbocycles. The van der Waals surface area contributed by atoms with Gasteiger partial charge in [0.1, 0.15) is 11.8 Å². The summed E-state index contributed by atoms with van der Waals surface area (Å²) in [6.45, 7) is 7.88. The van der Waals surface area contributed by atoms with Crippen LogP contribution in [0.2, 0.25) is 0 Å². The second kappa shape index (κ2) is 9.40. The van der Waals surface area contributed by atoms with E-state index in [2.05, 4.69) is 5.32 Å². The zero-order valence-electron chi connectivity index (χ0n) is 17.4. The van der Waals surface area contributed by atoms with Gasteiger partial charge in [-0.3, -0.25) is 9.59 Å². The number of ether oxygens (including phenoxy) is 1. The maximum absolute atomic E-state index is 13.1. The lowest BCUT2D eigenvalue weighted by Crippen LogP contribution is -2.52. The highest BCUT2D eigenvalue weighted by molar-refractivity contribution is 5.88. The molecule has 0 radical (unpaired) electrons. The number of carbonyl (C=O) groups is 2. The van der Waals surface area contributed by atoms with Crippen molar-refractivity contribution >= 4 is 11.8 Å². The van der Waals surface area contributed by atoms with E-state index in [1.165, 1.54) is 0 Å². The molecule has 2 aromatic rings. The highest BCUT2D eigenvalue weighted by Gasteiger charge is 2.28. The van der Waals surface area contributed by atoms with Gasteiger partial charge in [-0.05, 0) is 51.0 Å². The Morgan fingerprint density at radius 3 is 2.29 bits per heavy atom. The first-order valence-corrected chi connectivity index (χ1v) is 9.48. The Labute approximate surface area is 167 Å². The van der Waals surface area contributed by atoms with Gasteiger partial charge in [-0.25, -0.2) is 0 Å². The van der Waals surface area contributed by atoms with Crippen LogP contribution in [0.5, 0.6) is 5.75 Å². The van der Waals surface area contributed by atoms with Crippen LogP contribution in [0, 0.1) is 0 Å². The number of benzene rings is 2. The molecule has 1 N–H and O–H groups in total. The molecule has 5 heteroatoms. The van der Waals surface area contributed by atoms with Crippen LogP contribution < -0.4 is 10.1 Å². The van der Waals surface area contributed by atoms with E-state index in [1.807, 2.05) is 75.4 Å². The molecule has 0 heterocycles. The summed E-state index contributed by atoms with van der Waals surface area (Å²) in [5.74, 6) is 0.460. The van der Waals surface area contributed by atoms with Crippen molar-refractivity contribution in [1.82, 2.24) is 10.2 Å². The molecule has 28 heavy (non-hydrogen) atoms. The Hall–Kier alpha value is -2.82. The number of nitrogens with one attached hydrogen (secondary N) is 1. The lowest BCUT2D eigenvalue weighted by molar-refractivity contribution is -0.140. The van der Waals surface area contributed by atoms with Gasteiger partial charge in [0, 0.05) is 12.1 Å². The van der Waals surface area contributed by atoms with Gasteiger partial charge < -0.3 is 15.0 Å². The molecule has 2 rings (SSSR count). The predicted octanol–water partition coefficient (Wildman–Crippen LogP) is 3.57. The molecule has 1 atom stereocenters. The summed E-state index contributed by atoms with van der Waals surface area (Å²) in [6.07, 6.45) is 0.248. The molecule has 0 aliphatic carbocycles. The SMILES string of the molecule is COc1cccc(CN(C(=O)Cc2ccccc2)[C@H](C)C(=O)NC(C)(C)C)c1. The lowest BCUT2D eigenvalue weighted by Gasteiger charge is -2.31. The van der Waals surface area contributed by atoms with Crippen molar-refractivity contribution in [2.24, 2.45) is 0 Å². The molecule has 0 aliphatic heterocycles. The molecule has 5 nitrogen and oxygen atoms in total. The summed E-state index contributed by atoms with van der Waals surface area (Å²) in [7, 11) is 1.61. The number of rotatable bonds is 7. The quantitative estimate of drug-likeness (QED) is 0.796. The Kier molecular flexibility index (Phi) is 7.21. The second-order valence-electron chi connectivity index (χ2n) is 7.95. The van der Waals surface area contributed by atoms with Crippen LogP contribution in [0.3, 0.4) is 0 Å². The monoisotopic (exact) mass is 382 g/mol. The van der Waals surface area contributed by atoms with Crippen molar-refractivity contribution < 1.29 is 14.3 Å². The lowest BCUT2D eigenvalue weighted by atomic mass is 10.1. The number of methoxy groups -OCH3 is 1. The van der Waals surface area contributed by atoms with Crippen molar-refractivity contribution in [2.45, 2.75) is 52.2 Å². The van der Waals surface area contributed by atoms with Crippen LogP contribution in [0.15, 0.2) is 54.6 Å². The van der Waals surface area contributed by atoms with E-state index in [0.717, 1.165) is 16.9 Å². The Morgan fingerprint density at radius 2 is 1.68 bits per heavy atom. The number of hydrogen-bond acceptors (Lipinski definition) is 3. The molecule has 0 spiro atoms. The van der Waals surface area contributed by atoms with Gasteiger partial charge in [0.2, 0.25) is 11.8 Å². The minimum absolute atomic E-state index is 0.0921. The summed E-state index contributed by atoms with van der Waals surface area (Å²) in [6, 6.07) is 16.5. The molecule has 0 aromatic heterocycles. The Bertz CT molecular complexity index is 797. The molecule has 0 fully saturated rings. The van der Waals surface area contributed by atoms with Gasteiger partial charge in [0.05, 0.1) is 13.5 Å². The highest BCUT2D eigenvalue weighted by Crippen LogP contribution is 2.17. The molecular formula is C23H30N2O3. The molecule has 2 amide bonds. The van der Waals surface area contributed by atoms with E-state index >= 15 is 0 Å². The summed E-state index contributed by atoms with van der Waals surface area (Å²) in [5.41, 5.74) is 1.47. The number of amides is 2. The summed E-state index contributed by atoms with van der Waals surface area (Å²) in [4.78, 5) is 27.5. The summed E-state index contributed by atoms with van der Waals surface area (Å²) < 4.78 is 5.28. The van der Waals surface area contributed by atoms with Crippen LogP contribution in [-0.4, -0.2) is 35.4 Å². The average molecular weight is 383 g/mol. The molecule has 0 bridgehead atoms. The number of nitrogens with zero attached hydrogens (tertiary/aromatic N) is 1. The van der Waals surface area contributed by atoms with E-state index < -0.39 is 6.04 Å². The molecular weight excluding hydrogens is 352 g/mol. The largest absolute Gasteiger partial charge is 0.497 e. The average Bonchev–Trinajstić information content (AvgIpc) is 2.65. The Morgan fingerprint density at radius 1 is 1.04 bits per heavy atom. The van der Waals surface area contributed by atoms with Crippen LogP contribution >= 0.6 is 0 Å². The van der Waals surface area contributed by atoms with Crippen LogP contribution in [0.4, 0.5) is 0 Å². The summed E-state index contributed by atoms with van der Waals surface area (Å²) >= 11 is 0. The van der Waals surface area contributed by atoms with E-state index in [4.69, 9.17) is 4.74 Å². The van der Waals surface area contributed by atoms with Gasteiger partial charge in [0.25, 0.3) is 0 Å². The van der Waals surface area contributed by atoms with Crippen molar-refractivity contribution in [3.05, 3.63) is 65.7 Å². The van der Waals surface area contributed by atoms with Gasteiger partial charge in [-0.15, -0.1) is 0 Å². The van der Waals surface area contributed by atoms with Crippen molar-refractivity contribution in [3.8, 4) is 5.75 Å². The molecule has 0 saturated heterocycles. The van der Waals surface area contributed by atoms with Crippen LogP contribution in [0.1, 0.15) is 38.8 Å². The molecule has 0 aliphatic rings. The van der Waals surface area contributed by atoms with Gasteiger partial charge in [-0.1, -0.05) is 42.5 Å². The zero-order valence-corrected chi connectivity index (χ0v) is 17.4. The van der Waals surface area contributed by atoms with E-state index in [1.54, 1.807) is 18.9 Å². The van der Waals surface area contributed by atoms with Gasteiger partial charge in [0.15, 0.2) is 0 Å². The predicted molar refractivity (Wildman–Crippen MR) is 111 cm³/mol.